The van der Waals surface area contributed by atoms with Crippen LogP contribution in [0.3, 0.4) is 0 Å². The molecular formula is C15H11BrN4O2S. The van der Waals surface area contributed by atoms with Crippen molar-refractivity contribution in [3.63, 3.8) is 0 Å². The van der Waals surface area contributed by atoms with Gasteiger partial charge in [0.25, 0.3) is 0 Å². The molecule has 1 aromatic carbocycles. The summed E-state index contributed by atoms with van der Waals surface area (Å²) in [5, 5.41) is 10.9. The molecule has 2 aromatic heterocycles. The van der Waals surface area contributed by atoms with Crippen molar-refractivity contribution in [3.05, 3.63) is 34.9 Å². The molecule has 2 heterocycles. The molecule has 0 amide bonds. The number of nitrogens with one attached hydrogen (secondary N) is 2. The Kier molecular flexibility index (Phi) is 3.04. The Bertz CT molecular complexity index is 1090. The molecule has 0 aliphatic heterocycles. The number of hydrogen-bond donors (Lipinski definition) is 2. The summed E-state index contributed by atoms with van der Waals surface area (Å²) in [5.74, 6) is 0. The summed E-state index contributed by atoms with van der Waals surface area (Å²) in [4.78, 5) is 7.52. The van der Waals surface area contributed by atoms with E-state index in [1.807, 2.05) is 12.1 Å². The van der Waals surface area contributed by atoms with E-state index in [-0.39, 0.29) is 4.90 Å². The molecule has 1 fully saturated rings. The zero-order valence-corrected chi connectivity index (χ0v) is 14.2. The quantitative estimate of drug-likeness (QED) is 0.717. The average molecular weight is 391 g/mol. The van der Waals surface area contributed by atoms with Gasteiger partial charge in [-0.05, 0) is 47.0 Å². The molecule has 0 saturated heterocycles. The molecule has 0 radical (unpaired) electrons. The minimum atomic E-state index is -3.73. The molecule has 2 N–H and O–H groups in total. The van der Waals surface area contributed by atoms with Gasteiger partial charge >= 0.3 is 0 Å². The van der Waals surface area contributed by atoms with E-state index in [2.05, 4.69) is 30.6 Å². The van der Waals surface area contributed by atoms with E-state index in [4.69, 9.17) is 5.26 Å². The number of aromatic amines is 1. The second-order valence-electron chi connectivity index (χ2n) is 5.65. The monoisotopic (exact) mass is 390 g/mol. The van der Waals surface area contributed by atoms with Crippen molar-refractivity contribution < 1.29 is 8.42 Å². The van der Waals surface area contributed by atoms with Crippen LogP contribution in [0.1, 0.15) is 12.8 Å². The summed E-state index contributed by atoms with van der Waals surface area (Å²) in [6, 6.07) is 8.74. The summed E-state index contributed by atoms with van der Waals surface area (Å²) in [7, 11) is -3.73. The molecule has 0 spiro atoms. The van der Waals surface area contributed by atoms with E-state index < -0.39 is 15.6 Å². The van der Waals surface area contributed by atoms with Gasteiger partial charge in [0.15, 0.2) is 0 Å². The maximum atomic E-state index is 12.5. The van der Waals surface area contributed by atoms with E-state index in [9.17, 15) is 8.42 Å². The Balaban J connectivity index is 1.85. The molecule has 1 aliphatic carbocycles. The van der Waals surface area contributed by atoms with Crippen molar-refractivity contribution >= 4 is 47.9 Å². The van der Waals surface area contributed by atoms with Gasteiger partial charge in [-0.2, -0.15) is 9.98 Å². The van der Waals surface area contributed by atoms with Crippen LogP contribution in [0.5, 0.6) is 0 Å². The molecule has 0 bridgehead atoms. The van der Waals surface area contributed by atoms with Crippen LogP contribution in [0.25, 0.3) is 21.9 Å². The lowest BCUT2D eigenvalue weighted by atomic mass is 10.2. The number of sulfonamides is 1. The third-order valence-electron chi connectivity index (χ3n) is 4.02. The fourth-order valence-electron chi connectivity index (χ4n) is 2.61. The molecule has 6 nitrogen and oxygen atoms in total. The van der Waals surface area contributed by atoms with Gasteiger partial charge in [-0.25, -0.2) is 13.4 Å². The highest BCUT2D eigenvalue weighted by atomic mass is 79.9. The Morgan fingerprint density at radius 2 is 2.13 bits per heavy atom. The predicted molar refractivity (Wildman–Crippen MR) is 89.2 cm³/mol. The van der Waals surface area contributed by atoms with E-state index in [0.29, 0.717) is 24.0 Å². The topological polar surface area (TPSA) is 98.6 Å². The smallest absolute Gasteiger partial charge is 0.242 e. The zero-order valence-electron chi connectivity index (χ0n) is 11.8. The maximum Gasteiger partial charge on any atom is 0.242 e. The van der Waals surface area contributed by atoms with E-state index in [1.54, 1.807) is 24.4 Å². The second-order valence-corrected chi connectivity index (χ2v) is 8.18. The lowest BCUT2D eigenvalue weighted by Crippen LogP contribution is -2.35. The van der Waals surface area contributed by atoms with Crippen LogP contribution >= 0.6 is 15.9 Å². The first-order valence-electron chi connectivity index (χ1n) is 6.95. The van der Waals surface area contributed by atoms with Crippen molar-refractivity contribution in [3.8, 4) is 6.07 Å². The van der Waals surface area contributed by atoms with Gasteiger partial charge in [0.2, 0.25) is 10.0 Å². The van der Waals surface area contributed by atoms with Gasteiger partial charge in [0.05, 0.1) is 11.0 Å². The van der Waals surface area contributed by atoms with Crippen LogP contribution in [0.4, 0.5) is 0 Å². The average Bonchev–Trinajstić information content (AvgIpc) is 3.17. The fourth-order valence-corrected chi connectivity index (χ4v) is 4.53. The zero-order chi connectivity index (χ0) is 16.2. The Morgan fingerprint density at radius 3 is 2.83 bits per heavy atom. The summed E-state index contributed by atoms with van der Waals surface area (Å²) in [6.07, 6.45) is 2.77. The Hall–Kier alpha value is -1.95. The number of benzene rings is 1. The summed E-state index contributed by atoms with van der Waals surface area (Å²) < 4.78 is 28.3. The predicted octanol–water partition coefficient (Wildman–Crippen LogP) is 2.81. The highest BCUT2D eigenvalue weighted by molar-refractivity contribution is 9.10. The molecule has 1 saturated carbocycles. The van der Waals surface area contributed by atoms with Crippen molar-refractivity contribution in [2.24, 2.45) is 0 Å². The van der Waals surface area contributed by atoms with Crippen molar-refractivity contribution in [2.75, 3.05) is 0 Å². The van der Waals surface area contributed by atoms with Crippen LogP contribution in [0.2, 0.25) is 0 Å². The Labute approximate surface area is 140 Å². The minimum absolute atomic E-state index is 0.134. The van der Waals surface area contributed by atoms with Crippen molar-refractivity contribution in [1.82, 2.24) is 14.7 Å². The molecule has 116 valence electrons. The fraction of sp³-hybridized carbons (Fsp3) is 0.200. The number of nitrogens with zero attached hydrogens (tertiary/aromatic N) is 2. The summed E-state index contributed by atoms with van der Waals surface area (Å²) in [6.45, 7) is 0. The van der Waals surface area contributed by atoms with Gasteiger partial charge in [0.1, 0.15) is 11.2 Å². The number of hydrogen-bond acceptors (Lipinski definition) is 4. The molecule has 3 aromatic rings. The molecule has 0 unspecified atom stereocenters. The number of H-pyrrole nitrogens is 1. The summed E-state index contributed by atoms with van der Waals surface area (Å²) >= 11 is 3.49. The number of nitriles is 1. The SMILES string of the molecule is N#CC1(NS(=O)(=O)c2ccc3c(c2)[nH]c2nccc(Br)c23)CC1. The number of rotatable bonds is 3. The van der Waals surface area contributed by atoms with Crippen LogP contribution in [0.15, 0.2) is 39.8 Å². The van der Waals surface area contributed by atoms with Crippen LogP contribution in [0, 0.1) is 11.3 Å². The van der Waals surface area contributed by atoms with Crippen LogP contribution in [-0.2, 0) is 10.0 Å². The summed E-state index contributed by atoms with van der Waals surface area (Å²) in [5.41, 5.74) is 0.440. The standard InChI is InChI=1S/C15H11BrN4O2S/c16-11-3-6-18-14-13(11)10-2-1-9(7-12(10)19-14)23(21,22)20-15(8-17)4-5-15/h1-3,6-7,20H,4-5H2,(H,18,19). The van der Waals surface area contributed by atoms with Gasteiger partial charge in [-0.1, -0.05) is 6.07 Å². The third kappa shape index (κ3) is 2.32. The van der Waals surface area contributed by atoms with E-state index in [1.165, 1.54) is 0 Å². The van der Waals surface area contributed by atoms with Gasteiger partial charge in [-0.3, -0.25) is 0 Å². The van der Waals surface area contributed by atoms with Crippen LogP contribution < -0.4 is 4.72 Å². The molecule has 1 aliphatic rings. The first-order valence-corrected chi connectivity index (χ1v) is 9.23. The molecule has 8 heteroatoms. The number of halogens is 1. The van der Waals surface area contributed by atoms with Gasteiger partial charge < -0.3 is 4.98 Å². The largest absolute Gasteiger partial charge is 0.339 e. The first-order chi connectivity index (χ1) is 10.9. The van der Waals surface area contributed by atoms with Gasteiger partial charge in [-0.15, -0.1) is 0 Å². The number of fused-ring (bicyclic) bond motifs is 3. The van der Waals surface area contributed by atoms with Gasteiger partial charge in [0, 0.05) is 27.0 Å². The molecule has 4 rings (SSSR count). The normalized spacial score (nSPS) is 16.5. The number of aromatic nitrogens is 2. The molecule has 23 heavy (non-hydrogen) atoms. The van der Waals surface area contributed by atoms with Crippen LogP contribution in [-0.4, -0.2) is 23.9 Å². The lowest BCUT2D eigenvalue weighted by Gasteiger charge is -2.10. The minimum Gasteiger partial charge on any atom is -0.339 e. The van der Waals surface area contributed by atoms with E-state index >= 15 is 0 Å². The lowest BCUT2D eigenvalue weighted by molar-refractivity contribution is 0.571. The number of pyridine rings is 1. The van der Waals surface area contributed by atoms with Crippen molar-refractivity contribution in [2.45, 2.75) is 23.3 Å². The molecule has 0 atom stereocenters. The highest BCUT2D eigenvalue weighted by Crippen LogP contribution is 2.36. The van der Waals surface area contributed by atoms with E-state index in [0.717, 1.165) is 15.2 Å². The van der Waals surface area contributed by atoms with Crippen molar-refractivity contribution in [1.29, 1.82) is 5.26 Å². The highest BCUT2D eigenvalue weighted by Gasteiger charge is 2.46. The Morgan fingerprint density at radius 1 is 1.35 bits per heavy atom. The maximum absolute atomic E-state index is 12.5. The molecular weight excluding hydrogens is 380 g/mol. The third-order valence-corrected chi connectivity index (χ3v) is 6.21. The second kappa shape index (κ2) is 4.77. The first kappa shape index (κ1) is 14.6.